The first-order valence-electron chi connectivity index (χ1n) is 9.46. The highest BCUT2D eigenvalue weighted by atomic mass is 35.5. The van der Waals surface area contributed by atoms with Gasteiger partial charge in [-0.05, 0) is 76.3 Å². The number of aromatic nitrogens is 1. The summed E-state index contributed by atoms with van der Waals surface area (Å²) in [4.78, 5) is 21.9. The minimum absolute atomic E-state index is 0. The molecule has 0 unspecified atom stereocenters. The Hall–Kier alpha value is -2.15. The van der Waals surface area contributed by atoms with Crippen molar-refractivity contribution in [2.75, 3.05) is 38.7 Å². The molecule has 0 spiro atoms. The number of nitrogens with zero attached hydrogens (tertiary/aromatic N) is 3. The highest BCUT2D eigenvalue weighted by molar-refractivity contribution is 7.22. The van der Waals surface area contributed by atoms with E-state index in [2.05, 4.69) is 11.8 Å². The summed E-state index contributed by atoms with van der Waals surface area (Å²) in [5.74, 6) is 0.805. The van der Waals surface area contributed by atoms with Crippen LogP contribution in [0.5, 0.6) is 5.75 Å². The average Bonchev–Trinajstić information content (AvgIpc) is 3.07. The van der Waals surface area contributed by atoms with Gasteiger partial charge in [0.15, 0.2) is 5.13 Å². The van der Waals surface area contributed by atoms with Crippen molar-refractivity contribution in [2.24, 2.45) is 0 Å². The van der Waals surface area contributed by atoms with E-state index in [4.69, 9.17) is 9.72 Å². The van der Waals surface area contributed by atoms with Crippen LogP contribution in [-0.4, -0.2) is 49.6 Å². The van der Waals surface area contributed by atoms with E-state index < -0.39 is 0 Å². The largest absolute Gasteiger partial charge is 0.494 e. The van der Waals surface area contributed by atoms with Gasteiger partial charge in [0.2, 0.25) is 0 Å². The molecule has 156 valence electrons. The van der Waals surface area contributed by atoms with Gasteiger partial charge in [-0.1, -0.05) is 17.4 Å². The van der Waals surface area contributed by atoms with Gasteiger partial charge in [-0.2, -0.15) is 0 Å². The smallest absolute Gasteiger partial charge is 0.260 e. The van der Waals surface area contributed by atoms with E-state index in [-0.39, 0.29) is 18.3 Å². The van der Waals surface area contributed by atoms with E-state index in [0.717, 1.165) is 28.1 Å². The first-order chi connectivity index (χ1) is 13.4. The van der Waals surface area contributed by atoms with Gasteiger partial charge in [-0.15, -0.1) is 12.4 Å². The summed E-state index contributed by atoms with van der Waals surface area (Å²) >= 11 is 1.52. The molecule has 1 amide bonds. The van der Waals surface area contributed by atoms with Crippen LogP contribution in [0.15, 0.2) is 36.4 Å². The van der Waals surface area contributed by atoms with Gasteiger partial charge >= 0.3 is 0 Å². The van der Waals surface area contributed by atoms with E-state index in [9.17, 15) is 4.79 Å². The number of fused-ring (bicyclic) bond motifs is 1. The van der Waals surface area contributed by atoms with E-state index in [1.165, 1.54) is 16.9 Å². The number of aryl methyl sites for hydroxylation is 2. The summed E-state index contributed by atoms with van der Waals surface area (Å²) in [6.45, 7) is 8.01. The summed E-state index contributed by atoms with van der Waals surface area (Å²) in [7, 11) is 4.01. The van der Waals surface area contributed by atoms with Crippen molar-refractivity contribution >= 4 is 45.0 Å². The van der Waals surface area contributed by atoms with E-state index >= 15 is 0 Å². The number of hydrogen-bond donors (Lipinski definition) is 0. The zero-order valence-electron chi connectivity index (χ0n) is 17.6. The molecule has 5 nitrogen and oxygen atoms in total. The Morgan fingerprint density at radius 2 is 1.83 bits per heavy atom. The number of rotatable bonds is 7. The van der Waals surface area contributed by atoms with Gasteiger partial charge in [0.25, 0.3) is 5.91 Å². The van der Waals surface area contributed by atoms with Crippen LogP contribution >= 0.6 is 23.7 Å². The standard InChI is InChI=1S/C22H27N3O2S.ClH/c1-6-27-18-9-10-19-20(14-18)28-22(23-19)25(12-11-24(4)5)21(26)17-8-7-15(2)16(3)13-17;/h7-10,13-14H,6,11-12H2,1-5H3;1H. The van der Waals surface area contributed by atoms with Gasteiger partial charge < -0.3 is 9.64 Å². The molecule has 0 aliphatic carbocycles. The molecular formula is C22H28ClN3O2S. The van der Waals surface area contributed by atoms with Crippen LogP contribution in [-0.2, 0) is 0 Å². The van der Waals surface area contributed by atoms with Crippen molar-refractivity contribution in [2.45, 2.75) is 20.8 Å². The average molecular weight is 434 g/mol. The molecule has 1 aromatic heterocycles. The number of ether oxygens (including phenoxy) is 1. The molecule has 7 heteroatoms. The zero-order chi connectivity index (χ0) is 20.3. The SMILES string of the molecule is CCOc1ccc2nc(N(CCN(C)C)C(=O)c3ccc(C)c(C)c3)sc2c1.Cl. The number of benzene rings is 2. The molecule has 3 aromatic rings. The lowest BCUT2D eigenvalue weighted by molar-refractivity contribution is 0.0985. The lowest BCUT2D eigenvalue weighted by Gasteiger charge is -2.22. The Balaban J connectivity index is 0.00000300. The quantitative estimate of drug-likeness (QED) is 0.529. The number of halogens is 1. The molecule has 0 saturated carbocycles. The number of thiazole rings is 1. The fraction of sp³-hybridized carbons (Fsp3) is 0.364. The maximum atomic E-state index is 13.3. The predicted molar refractivity (Wildman–Crippen MR) is 124 cm³/mol. The van der Waals surface area contributed by atoms with Crippen LogP contribution in [0.25, 0.3) is 10.2 Å². The fourth-order valence-corrected chi connectivity index (χ4v) is 3.90. The fourth-order valence-electron chi connectivity index (χ4n) is 2.88. The minimum Gasteiger partial charge on any atom is -0.494 e. The lowest BCUT2D eigenvalue weighted by atomic mass is 10.1. The zero-order valence-corrected chi connectivity index (χ0v) is 19.2. The first kappa shape index (κ1) is 23.1. The highest BCUT2D eigenvalue weighted by Gasteiger charge is 2.22. The molecule has 0 radical (unpaired) electrons. The van der Waals surface area contributed by atoms with Crippen LogP contribution < -0.4 is 9.64 Å². The molecule has 0 saturated heterocycles. The second-order valence-corrected chi connectivity index (χ2v) is 8.13. The van der Waals surface area contributed by atoms with Crippen molar-refractivity contribution in [3.05, 3.63) is 53.1 Å². The van der Waals surface area contributed by atoms with E-state index in [1.807, 2.05) is 64.3 Å². The van der Waals surface area contributed by atoms with Crippen molar-refractivity contribution in [1.82, 2.24) is 9.88 Å². The highest BCUT2D eigenvalue weighted by Crippen LogP contribution is 2.32. The molecule has 0 aliphatic rings. The molecule has 0 fully saturated rings. The monoisotopic (exact) mass is 433 g/mol. The van der Waals surface area contributed by atoms with Crippen LogP contribution in [0.4, 0.5) is 5.13 Å². The van der Waals surface area contributed by atoms with Gasteiger partial charge in [0, 0.05) is 18.7 Å². The van der Waals surface area contributed by atoms with Crippen molar-refractivity contribution in [3.8, 4) is 5.75 Å². The molecule has 0 N–H and O–H groups in total. The normalized spacial score (nSPS) is 10.8. The minimum atomic E-state index is -0.0194. The molecule has 0 aliphatic heterocycles. The molecule has 29 heavy (non-hydrogen) atoms. The number of likely N-dealkylation sites (N-methyl/N-ethyl adjacent to an activating group) is 1. The van der Waals surface area contributed by atoms with Crippen molar-refractivity contribution in [3.63, 3.8) is 0 Å². The van der Waals surface area contributed by atoms with Crippen molar-refractivity contribution in [1.29, 1.82) is 0 Å². The third kappa shape index (κ3) is 5.47. The second kappa shape index (κ2) is 10.1. The molecule has 0 bridgehead atoms. The lowest BCUT2D eigenvalue weighted by Crippen LogP contribution is -2.36. The number of anilines is 1. The molecule has 3 rings (SSSR count). The summed E-state index contributed by atoms with van der Waals surface area (Å²) in [5, 5.41) is 0.716. The third-order valence-corrected chi connectivity index (χ3v) is 5.70. The number of carbonyl (C=O) groups excluding carboxylic acids is 1. The van der Waals surface area contributed by atoms with Gasteiger partial charge in [0.05, 0.1) is 16.8 Å². The maximum Gasteiger partial charge on any atom is 0.260 e. The summed E-state index contributed by atoms with van der Waals surface area (Å²) in [6, 6.07) is 11.7. The summed E-state index contributed by atoms with van der Waals surface area (Å²) in [6.07, 6.45) is 0. The van der Waals surface area contributed by atoms with Gasteiger partial charge in [-0.25, -0.2) is 4.98 Å². The molecule has 1 heterocycles. The van der Waals surface area contributed by atoms with E-state index in [1.54, 1.807) is 4.90 Å². The number of amides is 1. The van der Waals surface area contributed by atoms with Crippen LogP contribution in [0.2, 0.25) is 0 Å². The Kier molecular flexibility index (Phi) is 8.02. The van der Waals surface area contributed by atoms with Crippen molar-refractivity contribution < 1.29 is 9.53 Å². The maximum absolute atomic E-state index is 13.3. The number of hydrogen-bond acceptors (Lipinski definition) is 5. The van der Waals surface area contributed by atoms with Gasteiger partial charge in [0.1, 0.15) is 5.75 Å². The summed E-state index contributed by atoms with van der Waals surface area (Å²) < 4.78 is 6.61. The Morgan fingerprint density at radius 1 is 1.07 bits per heavy atom. The van der Waals surface area contributed by atoms with Crippen LogP contribution in [0, 0.1) is 13.8 Å². The Labute approximate surface area is 182 Å². The first-order valence-corrected chi connectivity index (χ1v) is 10.3. The van der Waals surface area contributed by atoms with Gasteiger partial charge in [-0.3, -0.25) is 9.69 Å². The van der Waals surface area contributed by atoms with Crippen LogP contribution in [0.1, 0.15) is 28.4 Å². The number of carbonyl (C=O) groups is 1. The van der Waals surface area contributed by atoms with Crippen LogP contribution in [0.3, 0.4) is 0 Å². The predicted octanol–water partition coefficient (Wildman–Crippen LogP) is 4.94. The Bertz CT molecular complexity index is 987. The second-order valence-electron chi connectivity index (χ2n) is 7.12. The summed E-state index contributed by atoms with van der Waals surface area (Å²) in [5.41, 5.74) is 3.87. The Morgan fingerprint density at radius 3 is 2.48 bits per heavy atom. The third-order valence-electron chi connectivity index (χ3n) is 4.66. The molecule has 2 aromatic carbocycles. The molecule has 0 atom stereocenters. The van der Waals surface area contributed by atoms with E-state index in [0.29, 0.717) is 23.8 Å². The molecular weight excluding hydrogens is 406 g/mol. The topological polar surface area (TPSA) is 45.7 Å².